The Bertz CT molecular complexity index is 572. The van der Waals surface area contributed by atoms with Crippen molar-refractivity contribution >= 4 is 9.84 Å². The van der Waals surface area contributed by atoms with Gasteiger partial charge in [0.2, 0.25) is 0 Å². The van der Waals surface area contributed by atoms with E-state index in [1.165, 1.54) is 5.56 Å². The van der Waals surface area contributed by atoms with E-state index in [1.54, 1.807) is 20.8 Å². The van der Waals surface area contributed by atoms with Gasteiger partial charge in [-0.3, -0.25) is 0 Å². The largest absolute Gasteiger partial charge is 0.321 e. The van der Waals surface area contributed by atoms with Gasteiger partial charge in [0.05, 0.1) is 10.5 Å². The number of sulfone groups is 1. The third-order valence-electron chi connectivity index (χ3n) is 4.14. The lowest BCUT2D eigenvalue weighted by atomic mass is 9.90. The highest BCUT2D eigenvalue weighted by Crippen LogP contribution is 2.38. The Kier molecular flexibility index (Phi) is 3.52. The maximum absolute atomic E-state index is 12.2. The molecule has 0 bridgehead atoms. The van der Waals surface area contributed by atoms with Crippen LogP contribution in [0.5, 0.6) is 0 Å². The normalized spacial score (nSPS) is 23.4. The van der Waals surface area contributed by atoms with Crippen LogP contribution in [0.3, 0.4) is 0 Å². The van der Waals surface area contributed by atoms with Crippen molar-refractivity contribution in [3.8, 4) is 0 Å². The lowest BCUT2D eigenvalue weighted by Gasteiger charge is -2.27. The van der Waals surface area contributed by atoms with E-state index in [-0.39, 0.29) is 5.75 Å². The van der Waals surface area contributed by atoms with Gasteiger partial charge >= 0.3 is 0 Å². The van der Waals surface area contributed by atoms with Crippen LogP contribution in [-0.4, -0.2) is 18.9 Å². The number of aryl methyl sites for hydroxylation is 1. The Labute approximate surface area is 116 Å². The van der Waals surface area contributed by atoms with Gasteiger partial charge in [0.25, 0.3) is 0 Å². The monoisotopic (exact) mass is 281 g/mol. The molecule has 3 nitrogen and oxygen atoms in total. The predicted octanol–water partition coefficient (Wildman–Crippen LogP) is 2.39. The molecule has 106 valence electrons. The molecular weight excluding hydrogens is 258 g/mol. The van der Waals surface area contributed by atoms with Gasteiger partial charge in [-0.15, -0.1) is 0 Å². The fraction of sp³-hybridized carbons (Fsp3) is 0.600. The van der Waals surface area contributed by atoms with Crippen molar-refractivity contribution in [2.45, 2.75) is 50.3 Å². The highest BCUT2D eigenvalue weighted by molar-refractivity contribution is 7.92. The molecule has 4 heteroatoms. The third-order valence-corrected chi connectivity index (χ3v) is 6.75. The Morgan fingerprint density at radius 2 is 1.89 bits per heavy atom. The highest BCUT2D eigenvalue weighted by Gasteiger charge is 2.37. The number of fused-ring (bicyclic) bond motifs is 1. The summed E-state index contributed by atoms with van der Waals surface area (Å²) < 4.78 is 23.7. The second kappa shape index (κ2) is 4.60. The summed E-state index contributed by atoms with van der Waals surface area (Å²) in [6.07, 6.45) is 2.29. The Hall–Kier alpha value is -0.870. The van der Waals surface area contributed by atoms with Gasteiger partial charge in [0, 0.05) is 5.54 Å². The SMILES string of the molecule is CC(C)(C)S(=O)(=O)CCC1(N)CCc2ccccc21. The summed E-state index contributed by atoms with van der Waals surface area (Å²) in [5.74, 6) is 0.154. The Morgan fingerprint density at radius 1 is 1.26 bits per heavy atom. The van der Waals surface area contributed by atoms with E-state index in [0.29, 0.717) is 6.42 Å². The Morgan fingerprint density at radius 3 is 2.53 bits per heavy atom. The van der Waals surface area contributed by atoms with E-state index in [1.807, 2.05) is 18.2 Å². The molecule has 1 atom stereocenters. The maximum atomic E-state index is 12.2. The summed E-state index contributed by atoms with van der Waals surface area (Å²) in [5, 5.41) is 0. The molecule has 2 rings (SSSR count). The topological polar surface area (TPSA) is 60.2 Å². The van der Waals surface area contributed by atoms with Crippen LogP contribution in [0.1, 0.15) is 44.7 Å². The maximum Gasteiger partial charge on any atom is 0.155 e. The first kappa shape index (κ1) is 14.5. The molecule has 0 heterocycles. The average Bonchev–Trinajstić information content (AvgIpc) is 2.65. The molecule has 2 N–H and O–H groups in total. The van der Waals surface area contributed by atoms with Crippen LogP contribution >= 0.6 is 0 Å². The van der Waals surface area contributed by atoms with E-state index >= 15 is 0 Å². The van der Waals surface area contributed by atoms with Crippen LogP contribution in [-0.2, 0) is 21.8 Å². The first-order valence-corrected chi connectivity index (χ1v) is 8.41. The van der Waals surface area contributed by atoms with Crippen molar-refractivity contribution in [2.75, 3.05) is 5.75 Å². The molecule has 0 saturated heterocycles. The van der Waals surface area contributed by atoms with Crippen LogP contribution in [0.25, 0.3) is 0 Å². The van der Waals surface area contributed by atoms with Crippen LogP contribution in [0.15, 0.2) is 24.3 Å². The van der Waals surface area contributed by atoms with E-state index < -0.39 is 20.1 Å². The minimum atomic E-state index is -3.11. The predicted molar refractivity (Wildman–Crippen MR) is 78.8 cm³/mol. The van der Waals surface area contributed by atoms with Crippen molar-refractivity contribution in [1.82, 2.24) is 0 Å². The summed E-state index contributed by atoms with van der Waals surface area (Å²) >= 11 is 0. The van der Waals surface area contributed by atoms with Gasteiger partial charge in [0.1, 0.15) is 0 Å². The van der Waals surface area contributed by atoms with Crippen LogP contribution < -0.4 is 5.73 Å². The molecule has 0 amide bonds. The van der Waals surface area contributed by atoms with Crippen molar-refractivity contribution in [3.63, 3.8) is 0 Å². The van der Waals surface area contributed by atoms with Gasteiger partial charge in [-0.1, -0.05) is 24.3 Å². The first-order chi connectivity index (χ1) is 8.66. The van der Waals surface area contributed by atoms with Crippen molar-refractivity contribution in [2.24, 2.45) is 5.73 Å². The number of rotatable bonds is 3. The number of hydrogen-bond acceptors (Lipinski definition) is 3. The molecular formula is C15H23NO2S. The van der Waals surface area contributed by atoms with E-state index in [0.717, 1.165) is 18.4 Å². The number of nitrogens with two attached hydrogens (primary N) is 1. The van der Waals surface area contributed by atoms with Crippen LogP contribution in [0, 0.1) is 0 Å². The molecule has 0 radical (unpaired) electrons. The van der Waals surface area contributed by atoms with Gasteiger partial charge in [0.15, 0.2) is 9.84 Å². The van der Waals surface area contributed by atoms with Gasteiger partial charge < -0.3 is 5.73 Å². The Balaban J connectivity index is 2.18. The molecule has 1 aromatic rings. The fourth-order valence-corrected chi connectivity index (χ4v) is 3.84. The molecule has 1 aromatic carbocycles. The van der Waals surface area contributed by atoms with E-state index in [9.17, 15) is 8.42 Å². The molecule has 19 heavy (non-hydrogen) atoms. The zero-order chi connectivity index (χ0) is 14.3. The summed E-state index contributed by atoms with van der Waals surface area (Å²) in [6.45, 7) is 5.23. The number of hydrogen-bond donors (Lipinski definition) is 1. The number of benzene rings is 1. The molecule has 1 unspecified atom stereocenters. The molecule has 0 aliphatic heterocycles. The molecule has 0 saturated carbocycles. The molecule has 1 aliphatic carbocycles. The summed E-state index contributed by atoms with van der Waals surface area (Å²) in [4.78, 5) is 0. The van der Waals surface area contributed by atoms with Gasteiger partial charge in [-0.05, 0) is 51.2 Å². The van der Waals surface area contributed by atoms with Crippen molar-refractivity contribution in [1.29, 1.82) is 0 Å². The molecule has 1 aliphatic rings. The van der Waals surface area contributed by atoms with Crippen LogP contribution in [0.2, 0.25) is 0 Å². The zero-order valence-electron chi connectivity index (χ0n) is 11.9. The second-order valence-corrected chi connectivity index (χ2v) is 9.36. The smallest absolute Gasteiger partial charge is 0.155 e. The molecule has 0 aromatic heterocycles. The lowest BCUT2D eigenvalue weighted by Crippen LogP contribution is -2.39. The molecule has 0 fully saturated rings. The van der Waals surface area contributed by atoms with Gasteiger partial charge in [-0.25, -0.2) is 8.42 Å². The minimum absolute atomic E-state index is 0.154. The summed E-state index contributed by atoms with van der Waals surface area (Å²) in [5.41, 5.74) is 8.37. The third kappa shape index (κ3) is 2.70. The highest BCUT2D eigenvalue weighted by atomic mass is 32.2. The first-order valence-electron chi connectivity index (χ1n) is 6.75. The van der Waals surface area contributed by atoms with Gasteiger partial charge in [-0.2, -0.15) is 0 Å². The van der Waals surface area contributed by atoms with Crippen molar-refractivity contribution < 1.29 is 8.42 Å². The second-order valence-electron chi connectivity index (χ2n) is 6.49. The quantitative estimate of drug-likeness (QED) is 0.925. The van der Waals surface area contributed by atoms with Crippen molar-refractivity contribution in [3.05, 3.63) is 35.4 Å². The fourth-order valence-electron chi connectivity index (χ4n) is 2.60. The molecule has 0 spiro atoms. The van der Waals surface area contributed by atoms with E-state index in [4.69, 9.17) is 5.73 Å². The summed E-state index contributed by atoms with van der Waals surface area (Å²) in [6, 6.07) is 8.11. The summed E-state index contributed by atoms with van der Waals surface area (Å²) in [7, 11) is -3.11. The van der Waals surface area contributed by atoms with Crippen LogP contribution in [0.4, 0.5) is 0 Å². The van der Waals surface area contributed by atoms with E-state index in [2.05, 4.69) is 6.07 Å². The zero-order valence-corrected chi connectivity index (χ0v) is 12.8. The lowest BCUT2D eigenvalue weighted by molar-refractivity contribution is 0.423. The standard InChI is InChI=1S/C15H23NO2S/c1-14(2,3)19(17,18)11-10-15(16)9-8-12-6-4-5-7-13(12)15/h4-7H,8-11,16H2,1-3H3. The average molecular weight is 281 g/mol. The minimum Gasteiger partial charge on any atom is -0.321 e.